The summed E-state index contributed by atoms with van der Waals surface area (Å²) in [6.07, 6.45) is 11.8. The van der Waals surface area contributed by atoms with Gasteiger partial charge >= 0.3 is 0 Å². The number of terminal acetylenes is 1. The fourth-order valence-electron chi connectivity index (χ4n) is 2.78. The van der Waals surface area contributed by atoms with Gasteiger partial charge in [-0.15, -0.1) is 6.42 Å². The van der Waals surface area contributed by atoms with E-state index in [-0.39, 0.29) is 4.05 Å². The lowest BCUT2D eigenvalue weighted by atomic mass is 10.1. The first-order chi connectivity index (χ1) is 10.6. The van der Waals surface area contributed by atoms with Crippen molar-refractivity contribution in [3.05, 3.63) is 34.9 Å². The topological polar surface area (TPSA) is 0 Å². The minimum absolute atomic E-state index is 0.253. The zero-order valence-corrected chi connectivity index (χ0v) is 16.7. The van der Waals surface area contributed by atoms with E-state index in [1.165, 1.54) is 44.3 Å². The van der Waals surface area contributed by atoms with Gasteiger partial charge in [-0.2, -0.15) is 0 Å². The van der Waals surface area contributed by atoms with E-state index < -0.39 is 0 Å². The largest absolute Gasteiger partial charge is 0.303 e. The average molecular weight is 433 g/mol. The predicted octanol–water partition coefficient (Wildman–Crippen LogP) is 5.69. The van der Waals surface area contributed by atoms with Crippen molar-refractivity contribution in [2.45, 2.75) is 50.0 Å². The maximum absolute atomic E-state index is 5.98. The van der Waals surface area contributed by atoms with E-state index in [4.69, 9.17) is 18.0 Å². The van der Waals surface area contributed by atoms with Crippen LogP contribution < -0.4 is 0 Å². The molecule has 0 spiro atoms. The van der Waals surface area contributed by atoms with Gasteiger partial charge in [-0.05, 0) is 36.5 Å². The fraction of sp³-hybridized carbons (Fsp3) is 0.579. The van der Waals surface area contributed by atoms with E-state index >= 15 is 0 Å². The minimum Gasteiger partial charge on any atom is -0.303 e. The summed E-state index contributed by atoms with van der Waals surface area (Å²) in [5, 5.41) is 0.803. The van der Waals surface area contributed by atoms with E-state index in [0.29, 0.717) is 0 Å². The highest BCUT2D eigenvalue weighted by molar-refractivity contribution is 14.1. The van der Waals surface area contributed by atoms with Gasteiger partial charge in [0.05, 0.1) is 19.6 Å². The second-order valence-corrected chi connectivity index (χ2v) is 7.59. The normalized spacial score (nSPS) is 12.9. The van der Waals surface area contributed by atoms with Crippen LogP contribution in [-0.4, -0.2) is 28.2 Å². The van der Waals surface area contributed by atoms with Crippen LogP contribution in [-0.2, 0) is 6.42 Å². The second kappa shape index (κ2) is 10.5. The lowest BCUT2D eigenvalue weighted by molar-refractivity contribution is -0.927. The molecule has 1 aromatic carbocycles. The molecule has 1 nitrogen and oxygen atoms in total. The first-order valence-electron chi connectivity index (χ1n) is 8.28. The van der Waals surface area contributed by atoms with Crippen LogP contribution in [0.2, 0.25) is 5.02 Å². The third kappa shape index (κ3) is 6.10. The molecule has 0 saturated heterocycles. The Balaban J connectivity index is 2.85. The zero-order chi connectivity index (χ0) is 16.4. The number of benzene rings is 1. The molecular weight excluding hydrogens is 405 g/mol. The molecule has 0 aliphatic heterocycles. The highest BCUT2D eigenvalue weighted by atomic mass is 127. The average Bonchev–Trinajstić information content (AvgIpc) is 2.55. The molecule has 0 aromatic heterocycles. The first-order valence-corrected chi connectivity index (χ1v) is 9.90. The maximum atomic E-state index is 5.98. The number of rotatable bonds is 10. The number of halogens is 2. The first kappa shape index (κ1) is 19.8. The van der Waals surface area contributed by atoms with Crippen molar-refractivity contribution in [3.8, 4) is 12.3 Å². The summed E-state index contributed by atoms with van der Waals surface area (Å²) in [5.41, 5.74) is 1.35. The molecule has 0 aliphatic carbocycles. The molecular formula is C19H28ClIN+. The molecule has 1 rings (SSSR count). The van der Waals surface area contributed by atoms with Gasteiger partial charge in [-0.3, -0.25) is 0 Å². The minimum atomic E-state index is 0.253. The van der Waals surface area contributed by atoms with Crippen molar-refractivity contribution in [2.24, 2.45) is 0 Å². The summed E-state index contributed by atoms with van der Waals surface area (Å²) < 4.78 is 1.30. The summed E-state index contributed by atoms with van der Waals surface area (Å²) in [6, 6.07) is 8.22. The van der Waals surface area contributed by atoms with Gasteiger partial charge in [-0.1, -0.05) is 50.4 Å². The Kier molecular flexibility index (Phi) is 9.47. The molecule has 22 heavy (non-hydrogen) atoms. The molecule has 1 unspecified atom stereocenters. The molecule has 0 radical (unpaired) electrons. The van der Waals surface area contributed by atoms with Crippen LogP contribution >= 0.6 is 34.2 Å². The van der Waals surface area contributed by atoms with Crippen LogP contribution in [0.3, 0.4) is 0 Å². The van der Waals surface area contributed by atoms with Crippen molar-refractivity contribution in [1.29, 1.82) is 0 Å². The standard InChI is InChI=1S/C19H28ClIN/c1-4-7-14-22(15-8-5-2,19(21)6-3)16-13-17-9-11-18(20)12-10-17/h3,9-12,19H,4-5,7-8,13-16H2,1-2H3/q+1. The van der Waals surface area contributed by atoms with Crippen molar-refractivity contribution in [1.82, 2.24) is 0 Å². The van der Waals surface area contributed by atoms with Gasteiger partial charge in [0, 0.05) is 34.0 Å². The SMILES string of the molecule is C#CC(I)[N+](CCCC)(CCCC)CCc1ccc(Cl)cc1. The molecule has 0 fully saturated rings. The Bertz CT molecular complexity index is 455. The van der Waals surface area contributed by atoms with Gasteiger partial charge in [0.1, 0.15) is 0 Å². The molecule has 1 aromatic rings. The Morgan fingerprint density at radius 2 is 1.64 bits per heavy atom. The number of unbranched alkanes of at least 4 members (excludes halogenated alkanes) is 2. The summed E-state index contributed by atoms with van der Waals surface area (Å²) in [4.78, 5) is 0. The van der Waals surface area contributed by atoms with Crippen molar-refractivity contribution in [2.75, 3.05) is 19.6 Å². The van der Waals surface area contributed by atoms with Crippen LogP contribution in [0.4, 0.5) is 0 Å². The monoisotopic (exact) mass is 432 g/mol. The number of quaternary nitrogens is 1. The van der Waals surface area contributed by atoms with Gasteiger partial charge in [0.25, 0.3) is 0 Å². The van der Waals surface area contributed by atoms with Crippen molar-refractivity contribution < 1.29 is 4.48 Å². The molecule has 0 heterocycles. The third-order valence-electron chi connectivity index (χ3n) is 4.29. The summed E-state index contributed by atoms with van der Waals surface area (Å²) in [6.45, 7) is 7.99. The van der Waals surface area contributed by atoms with Crippen molar-refractivity contribution >= 4 is 34.2 Å². The van der Waals surface area contributed by atoms with Crippen LogP contribution in [0.1, 0.15) is 45.1 Å². The maximum Gasteiger partial charge on any atom is 0.200 e. The van der Waals surface area contributed by atoms with E-state index in [1.807, 2.05) is 12.1 Å². The molecule has 0 bridgehead atoms. The van der Waals surface area contributed by atoms with E-state index in [9.17, 15) is 0 Å². The zero-order valence-electron chi connectivity index (χ0n) is 13.8. The van der Waals surface area contributed by atoms with Crippen LogP contribution in [0, 0.1) is 12.3 Å². The predicted molar refractivity (Wildman–Crippen MR) is 106 cm³/mol. The summed E-state index contributed by atoms with van der Waals surface area (Å²) in [7, 11) is 0. The van der Waals surface area contributed by atoms with Crippen LogP contribution in [0.25, 0.3) is 0 Å². The Morgan fingerprint density at radius 3 is 2.09 bits per heavy atom. The van der Waals surface area contributed by atoms with Gasteiger partial charge < -0.3 is 4.48 Å². The third-order valence-corrected chi connectivity index (χ3v) is 6.08. The Morgan fingerprint density at radius 1 is 1.09 bits per heavy atom. The molecule has 122 valence electrons. The van der Waals surface area contributed by atoms with Gasteiger partial charge in [0.2, 0.25) is 4.05 Å². The smallest absolute Gasteiger partial charge is 0.200 e. The molecule has 1 atom stereocenters. The molecule has 3 heteroatoms. The van der Waals surface area contributed by atoms with Crippen LogP contribution in [0.5, 0.6) is 0 Å². The summed E-state index contributed by atoms with van der Waals surface area (Å²) in [5.74, 6) is 3.01. The van der Waals surface area contributed by atoms with Crippen molar-refractivity contribution in [3.63, 3.8) is 0 Å². The van der Waals surface area contributed by atoms with E-state index in [1.54, 1.807) is 0 Å². The number of nitrogens with zero attached hydrogens (tertiary/aromatic N) is 1. The van der Waals surface area contributed by atoms with Gasteiger partial charge in [-0.25, -0.2) is 0 Å². The fourth-order valence-corrected chi connectivity index (χ4v) is 3.74. The lowest BCUT2D eigenvalue weighted by Crippen LogP contribution is -2.54. The number of hydrogen-bond donors (Lipinski definition) is 0. The highest BCUT2D eigenvalue weighted by Crippen LogP contribution is 2.24. The van der Waals surface area contributed by atoms with E-state index in [2.05, 4.69) is 54.5 Å². The number of alkyl halides is 1. The molecule has 0 saturated carbocycles. The van der Waals surface area contributed by atoms with E-state index in [0.717, 1.165) is 22.5 Å². The quantitative estimate of drug-likeness (QED) is 0.146. The Hall–Kier alpha value is -0.240. The van der Waals surface area contributed by atoms with Gasteiger partial charge in [0.15, 0.2) is 0 Å². The summed E-state index contributed by atoms with van der Waals surface area (Å²) >= 11 is 8.44. The molecule has 0 amide bonds. The molecule has 0 aliphatic rings. The highest BCUT2D eigenvalue weighted by Gasteiger charge is 2.32. The number of hydrogen-bond acceptors (Lipinski definition) is 0. The Labute approximate surface area is 155 Å². The van der Waals surface area contributed by atoms with Crippen LogP contribution in [0.15, 0.2) is 24.3 Å². The lowest BCUT2D eigenvalue weighted by Gasteiger charge is -2.41. The second-order valence-electron chi connectivity index (χ2n) is 5.98. The molecule has 0 N–H and O–H groups in total.